The first-order valence-corrected chi connectivity index (χ1v) is 4.63. The molecule has 1 atom stereocenters. The van der Waals surface area contributed by atoms with Crippen LogP contribution in [-0.2, 0) is 9.47 Å². The second-order valence-corrected chi connectivity index (χ2v) is 2.97. The van der Waals surface area contributed by atoms with Crippen LogP contribution < -0.4 is 5.73 Å². The SMILES string of the molecule is CCCCOCCC(N)COC. The first kappa shape index (κ1) is 11.9. The Labute approximate surface area is 75.2 Å². The van der Waals surface area contributed by atoms with E-state index in [4.69, 9.17) is 15.2 Å². The molecule has 12 heavy (non-hydrogen) atoms. The molecular weight excluding hydrogens is 154 g/mol. The third kappa shape index (κ3) is 7.98. The van der Waals surface area contributed by atoms with Gasteiger partial charge in [0.2, 0.25) is 0 Å². The number of methoxy groups -OCH3 is 1. The molecule has 3 heteroatoms. The van der Waals surface area contributed by atoms with E-state index in [1.807, 2.05) is 0 Å². The lowest BCUT2D eigenvalue weighted by molar-refractivity contribution is 0.109. The maximum Gasteiger partial charge on any atom is 0.0614 e. The molecule has 0 saturated carbocycles. The van der Waals surface area contributed by atoms with Crippen molar-refractivity contribution in [2.24, 2.45) is 5.73 Å². The summed E-state index contributed by atoms with van der Waals surface area (Å²) in [6.45, 7) is 4.39. The zero-order valence-corrected chi connectivity index (χ0v) is 8.21. The van der Waals surface area contributed by atoms with Gasteiger partial charge in [0.1, 0.15) is 0 Å². The van der Waals surface area contributed by atoms with Crippen LogP contribution >= 0.6 is 0 Å². The van der Waals surface area contributed by atoms with Crippen LogP contribution in [0.2, 0.25) is 0 Å². The van der Waals surface area contributed by atoms with Crippen LogP contribution in [0.4, 0.5) is 0 Å². The highest BCUT2D eigenvalue weighted by atomic mass is 16.5. The molecule has 1 unspecified atom stereocenters. The Bertz CT molecular complexity index is 88.6. The number of ether oxygens (including phenoxy) is 2. The molecule has 0 spiro atoms. The second-order valence-electron chi connectivity index (χ2n) is 2.97. The van der Waals surface area contributed by atoms with E-state index in [0.29, 0.717) is 6.61 Å². The molecule has 0 aromatic heterocycles. The van der Waals surface area contributed by atoms with Gasteiger partial charge < -0.3 is 15.2 Å². The summed E-state index contributed by atoms with van der Waals surface area (Å²) >= 11 is 0. The van der Waals surface area contributed by atoms with Gasteiger partial charge in [-0.2, -0.15) is 0 Å². The maximum absolute atomic E-state index is 5.69. The molecule has 0 aliphatic carbocycles. The van der Waals surface area contributed by atoms with Crippen molar-refractivity contribution in [3.63, 3.8) is 0 Å². The zero-order valence-electron chi connectivity index (χ0n) is 8.21. The number of nitrogens with two attached hydrogens (primary N) is 1. The lowest BCUT2D eigenvalue weighted by Gasteiger charge is -2.09. The maximum atomic E-state index is 5.69. The Morgan fingerprint density at radius 2 is 2.08 bits per heavy atom. The van der Waals surface area contributed by atoms with E-state index in [1.165, 1.54) is 6.42 Å². The molecule has 3 nitrogen and oxygen atoms in total. The van der Waals surface area contributed by atoms with E-state index >= 15 is 0 Å². The summed E-state index contributed by atoms with van der Waals surface area (Å²) in [7, 11) is 1.66. The van der Waals surface area contributed by atoms with Crippen LogP contribution in [0.15, 0.2) is 0 Å². The molecule has 74 valence electrons. The average molecular weight is 175 g/mol. The lowest BCUT2D eigenvalue weighted by atomic mass is 10.2. The van der Waals surface area contributed by atoms with E-state index in [9.17, 15) is 0 Å². The topological polar surface area (TPSA) is 44.5 Å². The van der Waals surface area contributed by atoms with Crippen LogP contribution in [0, 0.1) is 0 Å². The van der Waals surface area contributed by atoms with Crippen molar-refractivity contribution in [3.05, 3.63) is 0 Å². The molecule has 0 heterocycles. The van der Waals surface area contributed by atoms with Gasteiger partial charge in [0.15, 0.2) is 0 Å². The van der Waals surface area contributed by atoms with E-state index in [0.717, 1.165) is 26.1 Å². The van der Waals surface area contributed by atoms with Crippen LogP contribution in [0.25, 0.3) is 0 Å². The fourth-order valence-corrected chi connectivity index (χ4v) is 0.881. The summed E-state index contributed by atoms with van der Waals surface area (Å²) in [5, 5.41) is 0. The summed E-state index contributed by atoms with van der Waals surface area (Å²) in [4.78, 5) is 0. The molecule has 0 aliphatic heterocycles. The van der Waals surface area contributed by atoms with Gasteiger partial charge in [-0.1, -0.05) is 13.3 Å². The Morgan fingerprint density at radius 1 is 1.33 bits per heavy atom. The second kappa shape index (κ2) is 8.97. The Morgan fingerprint density at radius 3 is 2.67 bits per heavy atom. The van der Waals surface area contributed by atoms with Crippen LogP contribution in [-0.4, -0.2) is 33.0 Å². The van der Waals surface area contributed by atoms with Crippen molar-refractivity contribution in [3.8, 4) is 0 Å². The van der Waals surface area contributed by atoms with Gasteiger partial charge in [0.05, 0.1) is 6.61 Å². The molecule has 0 aromatic rings. The predicted octanol–water partition coefficient (Wildman–Crippen LogP) is 1.17. The van der Waals surface area contributed by atoms with E-state index in [-0.39, 0.29) is 6.04 Å². The van der Waals surface area contributed by atoms with Gasteiger partial charge in [0.25, 0.3) is 0 Å². The number of rotatable bonds is 8. The van der Waals surface area contributed by atoms with Crippen molar-refractivity contribution in [2.75, 3.05) is 26.9 Å². The minimum Gasteiger partial charge on any atom is -0.383 e. The van der Waals surface area contributed by atoms with Crippen molar-refractivity contribution >= 4 is 0 Å². The third-order valence-electron chi connectivity index (χ3n) is 1.66. The standard InChI is InChI=1S/C9H21NO2/c1-3-4-6-12-7-5-9(10)8-11-2/h9H,3-8,10H2,1-2H3. The largest absolute Gasteiger partial charge is 0.383 e. The lowest BCUT2D eigenvalue weighted by Crippen LogP contribution is -2.27. The van der Waals surface area contributed by atoms with Crippen LogP contribution in [0.5, 0.6) is 0 Å². The first-order chi connectivity index (χ1) is 5.81. The normalized spacial score (nSPS) is 13.2. The van der Waals surface area contributed by atoms with E-state index in [2.05, 4.69) is 6.92 Å². The van der Waals surface area contributed by atoms with Crippen molar-refractivity contribution in [1.82, 2.24) is 0 Å². The minimum absolute atomic E-state index is 0.122. The molecule has 0 fully saturated rings. The van der Waals surface area contributed by atoms with E-state index in [1.54, 1.807) is 7.11 Å². The molecule has 0 rings (SSSR count). The molecule has 0 radical (unpaired) electrons. The van der Waals surface area contributed by atoms with Crippen molar-refractivity contribution in [2.45, 2.75) is 32.2 Å². The van der Waals surface area contributed by atoms with Gasteiger partial charge in [-0.3, -0.25) is 0 Å². The number of unbranched alkanes of at least 4 members (excludes halogenated alkanes) is 1. The summed E-state index contributed by atoms with van der Waals surface area (Å²) in [6.07, 6.45) is 3.21. The first-order valence-electron chi connectivity index (χ1n) is 4.63. The Balaban J connectivity index is 2.97. The Hall–Kier alpha value is -0.120. The molecule has 0 aliphatic rings. The number of hydrogen-bond acceptors (Lipinski definition) is 3. The highest BCUT2D eigenvalue weighted by Gasteiger charge is 2.00. The van der Waals surface area contributed by atoms with Gasteiger partial charge in [0, 0.05) is 26.4 Å². The quantitative estimate of drug-likeness (QED) is 0.563. The third-order valence-corrected chi connectivity index (χ3v) is 1.66. The van der Waals surface area contributed by atoms with Crippen molar-refractivity contribution in [1.29, 1.82) is 0 Å². The predicted molar refractivity (Wildman–Crippen MR) is 50.2 cm³/mol. The molecule has 0 amide bonds. The summed E-state index contributed by atoms with van der Waals surface area (Å²) < 4.78 is 10.3. The van der Waals surface area contributed by atoms with Crippen LogP contribution in [0.1, 0.15) is 26.2 Å². The molecule has 0 saturated heterocycles. The fraction of sp³-hybridized carbons (Fsp3) is 1.00. The van der Waals surface area contributed by atoms with Crippen LogP contribution in [0.3, 0.4) is 0 Å². The smallest absolute Gasteiger partial charge is 0.0614 e. The Kier molecular flexibility index (Phi) is 8.88. The van der Waals surface area contributed by atoms with E-state index < -0.39 is 0 Å². The average Bonchev–Trinajstić information content (AvgIpc) is 2.05. The van der Waals surface area contributed by atoms with Crippen molar-refractivity contribution < 1.29 is 9.47 Å². The molecular formula is C9H21NO2. The fourth-order valence-electron chi connectivity index (χ4n) is 0.881. The summed E-state index contributed by atoms with van der Waals surface area (Å²) in [6, 6.07) is 0.122. The minimum atomic E-state index is 0.122. The van der Waals surface area contributed by atoms with Gasteiger partial charge >= 0.3 is 0 Å². The summed E-state index contributed by atoms with van der Waals surface area (Å²) in [5.41, 5.74) is 5.69. The summed E-state index contributed by atoms with van der Waals surface area (Å²) in [5.74, 6) is 0. The number of hydrogen-bond donors (Lipinski definition) is 1. The highest BCUT2D eigenvalue weighted by molar-refractivity contribution is 4.58. The molecule has 0 bridgehead atoms. The monoisotopic (exact) mass is 175 g/mol. The van der Waals surface area contributed by atoms with Gasteiger partial charge in [-0.05, 0) is 12.8 Å². The molecule has 2 N–H and O–H groups in total. The van der Waals surface area contributed by atoms with Gasteiger partial charge in [-0.25, -0.2) is 0 Å². The van der Waals surface area contributed by atoms with Gasteiger partial charge in [-0.15, -0.1) is 0 Å². The zero-order chi connectivity index (χ0) is 9.23. The highest BCUT2D eigenvalue weighted by Crippen LogP contribution is 1.92. The molecule has 0 aromatic carbocycles.